The van der Waals surface area contributed by atoms with Crippen molar-refractivity contribution in [3.63, 3.8) is 0 Å². The van der Waals surface area contributed by atoms with E-state index in [-0.39, 0.29) is 5.56 Å². The highest BCUT2D eigenvalue weighted by molar-refractivity contribution is 6.35. The molecule has 0 saturated carbocycles. The average Bonchev–Trinajstić information content (AvgIpc) is 2.38. The first-order valence-corrected chi connectivity index (χ1v) is 5.61. The Morgan fingerprint density at radius 3 is 2.78 bits per heavy atom. The van der Waals surface area contributed by atoms with Gasteiger partial charge >= 0.3 is 5.97 Å². The fourth-order valence-corrected chi connectivity index (χ4v) is 2.20. The molecule has 4 nitrogen and oxygen atoms in total. The first-order valence-electron chi connectivity index (χ1n) is 5.23. The third-order valence-electron chi connectivity index (χ3n) is 2.80. The van der Waals surface area contributed by atoms with E-state index in [0.717, 1.165) is 16.2 Å². The monoisotopic (exact) mass is 258 g/mol. The Morgan fingerprint density at radius 1 is 1.17 bits per heavy atom. The van der Waals surface area contributed by atoms with Gasteiger partial charge in [-0.3, -0.25) is 4.98 Å². The summed E-state index contributed by atoms with van der Waals surface area (Å²) in [5, 5.41) is 11.8. The molecule has 0 saturated heterocycles. The van der Waals surface area contributed by atoms with E-state index in [9.17, 15) is 4.79 Å². The van der Waals surface area contributed by atoms with Gasteiger partial charge in [-0.1, -0.05) is 17.7 Å². The molecule has 0 spiro atoms. The molecule has 1 aromatic carbocycles. The molecule has 18 heavy (non-hydrogen) atoms. The maximum absolute atomic E-state index is 10.9. The van der Waals surface area contributed by atoms with Crippen molar-refractivity contribution in [1.29, 1.82) is 0 Å². The Hall–Kier alpha value is -2.20. The Labute approximate surface area is 107 Å². The van der Waals surface area contributed by atoms with Crippen LogP contribution in [-0.2, 0) is 0 Å². The summed E-state index contributed by atoms with van der Waals surface area (Å²) in [4.78, 5) is 19.2. The summed E-state index contributed by atoms with van der Waals surface area (Å²) < 4.78 is 0. The molecule has 3 aromatic rings. The molecule has 3 rings (SSSR count). The third kappa shape index (κ3) is 1.58. The molecule has 0 radical (unpaired) electrons. The summed E-state index contributed by atoms with van der Waals surface area (Å²) in [5.41, 5.74) is 0.745. The van der Waals surface area contributed by atoms with Gasteiger partial charge in [-0.05, 0) is 18.2 Å². The number of carbonyl (C=O) groups is 1. The van der Waals surface area contributed by atoms with Crippen LogP contribution < -0.4 is 0 Å². The molecule has 0 fully saturated rings. The largest absolute Gasteiger partial charge is 0.478 e. The van der Waals surface area contributed by atoms with Crippen LogP contribution in [0.15, 0.2) is 36.7 Å². The lowest BCUT2D eigenvalue weighted by Crippen LogP contribution is -1.96. The normalized spacial score (nSPS) is 10.9. The molecule has 0 amide bonds. The Bertz CT molecular complexity index is 786. The van der Waals surface area contributed by atoms with Crippen molar-refractivity contribution in [3.05, 3.63) is 47.4 Å². The summed E-state index contributed by atoms with van der Waals surface area (Å²) in [5.74, 6) is -0.985. The molecule has 0 unspecified atom stereocenters. The van der Waals surface area contributed by atoms with E-state index in [4.69, 9.17) is 16.7 Å². The van der Waals surface area contributed by atoms with E-state index < -0.39 is 5.97 Å². The molecule has 0 aliphatic heterocycles. The number of hydrogen-bond donors (Lipinski definition) is 1. The second-order valence-corrected chi connectivity index (χ2v) is 4.22. The minimum absolute atomic E-state index is 0.189. The first-order chi connectivity index (χ1) is 8.66. The van der Waals surface area contributed by atoms with Crippen molar-refractivity contribution in [2.24, 2.45) is 0 Å². The van der Waals surface area contributed by atoms with E-state index in [2.05, 4.69) is 9.97 Å². The van der Waals surface area contributed by atoms with Crippen molar-refractivity contribution in [3.8, 4) is 0 Å². The number of carboxylic acid groups (broad SMARTS) is 1. The number of carboxylic acids is 1. The maximum Gasteiger partial charge on any atom is 0.335 e. The molecule has 2 heterocycles. The van der Waals surface area contributed by atoms with Crippen LogP contribution in [0.1, 0.15) is 10.4 Å². The molecule has 0 aliphatic rings. The zero-order valence-corrected chi connectivity index (χ0v) is 9.85. The van der Waals surface area contributed by atoms with Crippen molar-refractivity contribution >= 4 is 39.2 Å². The summed E-state index contributed by atoms with van der Waals surface area (Å²) in [6, 6.07) is 6.57. The Morgan fingerprint density at radius 2 is 2.00 bits per heavy atom. The van der Waals surface area contributed by atoms with Gasteiger partial charge in [0.15, 0.2) is 0 Å². The van der Waals surface area contributed by atoms with Gasteiger partial charge in [0.25, 0.3) is 0 Å². The lowest BCUT2D eigenvalue weighted by atomic mass is 10.1. The molecule has 88 valence electrons. The molecule has 2 aromatic heterocycles. The van der Waals surface area contributed by atoms with Gasteiger partial charge in [-0.25, -0.2) is 9.78 Å². The zero-order chi connectivity index (χ0) is 12.7. The third-order valence-corrected chi connectivity index (χ3v) is 3.08. The van der Waals surface area contributed by atoms with Gasteiger partial charge in [-0.2, -0.15) is 0 Å². The number of rotatable bonds is 1. The van der Waals surface area contributed by atoms with Crippen molar-refractivity contribution in [1.82, 2.24) is 9.97 Å². The number of aromatic nitrogens is 2. The van der Waals surface area contributed by atoms with Crippen LogP contribution in [0.4, 0.5) is 0 Å². The fraction of sp³-hybridized carbons (Fsp3) is 0. The van der Waals surface area contributed by atoms with Crippen LogP contribution in [0.2, 0.25) is 5.15 Å². The second-order valence-electron chi connectivity index (χ2n) is 3.86. The summed E-state index contributed by atoms with van der Waals surface area (Å²) in [7, 11) is 0. The minimum Gasteiger partial charge on any atom is -0.478 e. The summed E-state index contributed by atoms with van der Waals surface area (Å²) >= 11 is 6.08. The van der Waals surface area contributed by atoms with Crippen LogP contribution >= 0.6 is 11.6 Å². The van der Waals surface area contributed by atoms with Crippen molar-refractivity contribution < 1.29 is 9.90 Å². The van der Waals surface area contributed by atoms with Crippen LogP contribution in [-0.4, -0.2) is 21.0 Å². The lowest BCUT2D eigenvalue weighted by molar-refractivity contribution is 0.0697. The predicted octanol–water partition coefficient (Wildman–Crippen LogP) is 3.13. The molecule has 0 bridgehead atoms. The molecule has 1 N–H and O–H groups in total. The molecular formula is C13H7ClN2O2. The quantitative estimate of drug-likeness (QED) is 0.538. The first kappa shape index (κ1) is 10.9. The van der Waals surface area contributed by atoms with Gasteiger partial charge in [0.05, 0.1) is 11.1 Å². The fourth-order valence-electron chi connectivity index (χ4n) is 1.94. The molecule has 0 atom stereocenters. The Kier molecular flexibility index (Phi) is 2.38. The predicted molar refractivity (Wildman–Crippen MR) is 69.0 cm³/mol. The molecular weight excluding hydrogens is 252 g/mol. The minimum atomic E-state index is -0.985. The topological polar surface area (TPSA) is 63.1 Å². The van der Waals surface area contributed by atoms with Gasteiger partial charge in [0.1, 0.15) is 5.15 Å². The highest BCUT2D eigenvalue weighted by atomic mass is 35.5. The van der Waals surface area contributed by atoms with Crippen molar-refractivity contribution in [2.75, 3.05) is 0 Å². The van der Waals surface area contributed by atoms with E-state index >= 15 is 0 Å². The van der Waals surface area contributed by atoms with E-state index in [0.29, 0.717) is 10.7 Å². The van der Waals surface area contributed by atoms with Gasteiger partial charge in [-0.15, -0.1) is 0 Å². The second kappa shape index (κ2) is 3.92. The van der Waals surface area contributed by atoms with Gasteiger partial charge in [0.2, 0.25) is 0 Å². The molecule has 0 aliphatic carbocycles. The van der Waals surface area contributed by atoms with Crippen molar-refractivity contribution in [2.45, 2.75) is 0 Å². The summed E-state index contributed by atoms with van der Waals surface area (Å²) in [6.07, 6.45) is 3.35. The highest BCUT2D eigenvalue weighted by Gasteiger charge is 2.09. The number of nitrogens with zero attached hydrogens (tertiary/aromatic N) is 2. The van der Waals surface area contributed by atoms with Crippen LogP contribution in [0.25, 0.3) is 21.7 Å². The summed E-state index contributed by atoms with van der Waals surface area (Å²) in [6.45, 7) is 0. The van der Waals surface area contributed by atoms with Crippen LogP contribution in [0.3, 0.4) is 0 Å². The number of hydrogen-bond acceptors (Lipinski definition) is 3. The number of benzene rings is 1. The number of aromatic carboxylic acids is 1. The zero-order valence-electron chi connectivity index (χ0n) is 9.09. The molecule has 5 heteroatoms. The SMILES string of the molecule is O=C(O)c1ccc2c(c1)nc(Cl)c1ccncc12. The number of pyridine rings is 2. The standard InChI is InChI=1S/C13H7ClN2O2/c14-12-9-3-4-15-6-10(9)8-2-1-7(13(17)18)5-11(8)16-12/h1-6H,(H,17,18). The average molecular weight is 259 g/mol. The van der Waals surface area contributed by atoms with Crippen LogP contribution in [0, 0.1) is 0 Å². The van der Waals surface area contributed by atoms with E-state index in [1.54, 1.807) is 30.6 Å². The maximum atomic E-state index is 10.9. The highest BCUT2D eigenvalue weighted by Crippen LogP contribution is 2.28. The van der Waals surface area contributed by atoms with Gasteiger partial charge in [0, 0.05) is 28.6 Å². The number of halogens is 1. The van der Waals surface area contributed by atoms with E-state index in [1.165, 1.54) is 6.07 Å². The van der Waals surface area contributed by atoms with Gasteiger partial charge < -0.3 is 5.11 Å². The number of fused-ring (bicyclic) bond motifs is 3. The van der Waals surface area contributed by atoms with E-state index in [1.807, 2.05) is 0 Å². The lowest BCUT2D eigenvalue weighted by Gasteiger charge is -2.05. The smallest absolute Gasteiger partial charge is 0.335 e. The van der Waals surface area contributed by atoms with Crippen LogP contribution in [0.5, 0.6) is 0 Å². The Balaban J connectivity index is 2.46.